The number of aliphatic imine (C=N–C) groups is 1. The lowest BCUT2D eigenvalue weighted by Gasteiger charge is -2.22. The molecule has 2 N–H and O–H groups in total. The minimum absolute atomic E-state index is 0.0740. The average Bonchev–Trinajstić information content (AvgIpc) is 2.70. The summed E-state index contributed by atoms with van der Waals surface area (Å²) < 4.78 is 5.47. The molecule has 27 heavy (non-hydrogen) atoms. The Bertz CT molecular complexity index is 730. The fourth-order valence-electron chi connectivity index (χ4n) is 2.63. The van der Waals surface area contributed by atoms with Gasteiger partial charge in [0, 0.05) is 39.3 Å². The van der Waals surface area contributed by atoms with E-state index in [4.69, 9.17) is 4.74 Å². The van der Waals surface area contributed by atoms with Gasteiger partial charge in [0.25, 0.3) is 5.91 Å². The van der Waals surface area contributed by atoms with Crippen LogP contribution in [0.2, 0.25) is 0 Å². The van der Waals surface area contributed by atoms with Crippen molar-refractivity contribution in [2.75, 3.05) is 33.8 Å². The maximum absolute atomic E-state index is 12.0. The van der Waals surface area contributed by atoms with Gasteiger partial charge in [-0.1, -0.05) is 30.3 Å². The van der Waals surface area contributed by atoms with Gasteiger partial charge < -0.3 is 20.3 Å². The third-order valence-corrected chi connectivity index (χ3v) is 3.96. The molecule has 0 radical (unpaired) electrons. The number of guanidine groups is 1. The van der Waals surface area contributed by atoms with Crippen molar-refractivity contribution < 1.29 is 9.53 Å². The van der Waals surface area contributed by atoms with Crippen molar-refractivity contribution in [3.63, 3.8) is 0 Å². The van der Waals surface area contributed by atoms with Crippen molar-refractivity contribution in [3.05, 3.63) is 65.7 Å². The van der Waals surface area contributed by atoms with Gasteiger partial charge in [0.2, 0.25) is 0 Å². The van der Waals surface area contributed by atoms with E-state index in [0.717, 1.165) is 18.3 Å². The van der Waals surface area contributed by atoms with E-state index in [2.05, 4.69) is 27.8 Å². The minimum Gasteiger partial charge on any atom is -0.494 e. The van der Waals surface area contributed by atoms with Gasteiger partial charge in [0.15, 0.2) is 5.96 Å². The summed E-state index contributed by atoms with van der Waals surface area (Å²) in [6.45, 7) is 4.47. The maximum atomic E-state index is 12.0. The van der Waals surface area contributed by atoms with E-state index in [1.165, 1.54) is 5.56 Å². The van der Waals surface area contributed by atoms with Gasteiger partial charge in [-0.05, 0) is 36.8 Å². The molecular weight excluding hydrogens is 340 g/mol. The fourth-order valence-corrected chi connectivity index (χ4v) is 2.63. The van der Waals surface area contributed by atoms with Crippen molar-refractivity contribution in [1.82, 2.24) is 15.5 Å². The fraction of sp³-hybridized carbons (Fsp3) is 0.333. The topological polar surface area (TPSA) is 66.0 Å². The zero-order valence-electron chi connectivity index (χ0n) is 16.2. The molecule has 0 bridgehead atoms. The van der Waals surface area contributed by atoms with E-state index >= 15 is 0 Å². The van der Waals surface area contributed by atoms with E-state index in [1.807, 2.05) is 49.2 Å². The highest BCUT2D eigenvalue weighted by Crippen LogP contribution is 2.13. The van der Waals surface area contributed by atoms with Crippen LogP contribution >= 0.6 is 0 Å². The Morgan fingerprint density at radius 1 is 1.04 bits per heavy atom. The number of rotatable bonds is 8. The Hall–Kier alpha value is -3.02. The standard InChI is InChI=1S/C21H28N4O2/c1-4-27-19-12-10-17(11-13-19)16-25(3)21(22-2)24-15-14-23-20(26)18-8-6-5-7-9-18/h5-13H,4,14-16H2,1-3H3,(H,22,24)(H,23,26). The number of carbonyl (C=O) groups is 1. The molecule has 0 atom stereocenters. The molecule has 0 aliphatic rings. The molecule has 2 aromatic carbocycles. The second kappa shape index (κ2) is 10.9. The van der Waals surface area contributed by atoms with Crippen molar-refractivity contribution in [3.8, 4) is 5.75 Å². The van der Waals surface area contributed by atoms with Crippen molar-refractivity contribution in [1.29, 1.82) is 0 Å². The molecule has 0 aliphatic carbocycles. The molecule has 0 heterocycles. The van der Waals surface area contributed by atoms with Crippen LogP contribution in [0.25, 0.3) is 0 Å². The quantitative estimate of drug-likeness (QED) is 0.427. The highest BCUT2D eigenvalue weighted by atomic mass is 16.5. The summed E-state index contributed by atoms with van der Waals surface area (Å²) in [6, 6.07) is 17.2. The summed E-state index contributed by atoms with van der Waals surface area (Å²) in [5, 5.41) is 6.16. The van der Waals surface area contributed by atoms with Crippen molar-refractivity contribution >= 4 is 11.9 Å². The van der Waals surface area contributed by atoms with E-state index in [0.29, 0.717) is 25.3 Å². The second-order valence-corrected chi connectivity index (χ2v) is 6.03. The molecule has 0 unspecified atom stereocenters. The molecule has 0 fully saturated rings. The summed E-state index contributed by atoms with van der Waals surface area (Å²) in [7, 11) is 3.73. The van der Waals surface area contributed by atoms with Gasteiger partial charge in [0.1, 0.15) is 5.75 Å². The highest BCUT2D eigenvalue weighted by Gasteiger charge is 2.07. The van der Waals surface area contributed by atoms with E-state index in [1.54, 1.807) is 19.2 Å². The molecule has 1 amide bonds. The van der Waals surface area contributed by atoms with Gasteiger partial charge in [-0.2, -0.15) is 0 Å². The van der Waals surface area contributed by atoms with Crippen LogP contribution in [0.4, 0.5) is 0 Å². The van der Waals surface area contributed by atoms with Crippen LogP contribution in [0.1, 0.15) is 22.8 Å². The number of ether oxygens (including phenoxy) is 1. The summed E-state index contributed by atoms with van der Waals surface area (Å²) in [5.41, 5.74) is 1.83. The molecule has 144 valence electrons. The number of hydrogen-bond acceptors (Lipinski definition) is 3. The largest absolute Gasteiger partial charge is 0.494 e. The highest BCUT2D eigenvalue weighted by molar-refractivity contribution is 5.94. The first-order valence-corrected chi connectivity index (χ1v) is 9.10. The molecule has 0 saturated heterocycles. The van der Waals surface area contributed by atoms with Gasteiger partial charge in [-0.15, -0.1) is 0 Å². The second-order valence-electron chi connectivity index (χ2n) is 6.03. The first-order chi connectivity index (χ1) is 13.1. The van der Waals surface area contributed by atoms with E-state index in [9.17, 15) is 4.79 Å². The van der Waals surface area contributed by atoms with Crippen LogP contribution in [0.3, 0.4) is 0 Å². The molecule has 2 aromatic rings. The average molecular weight is 368 g/mol. The Balaban J connectivity index is 1.76. The molecular formula is C21H28N4O2. The van der Waals surface area contributed by atoms with E-state index < -0.39 is 0 Å². The lowest BCUT2D eigenvalue weighted by molar-refractivity contribution is 0.0954. The lowest BCUT2D eigenvalue weighted by atomic mass is 10.2. The number of amides is 1. The SMILES string of the molecule is CCOc1ccc(CN(C)C(=NC)NCCNC(=O)c2ccccc2)cc1. The molecule has 6 nitrogen and oxygen atoms in total. The first kappa shape index (κ1) is 20.3. The monoisotopic (exact) mass is 368 g/mol. The number of carbonyl (C=O) groups excluding carboxylic acids is 1. The summed E-state index contributed by atoms with van der Waals surface area (Å²) in [4.78, 5) is 18.4. The lowest BCUT2D eigenvalue weighted by Crippen LogP contribution is -2.42. The van der Waals surface area contributed by atoms with Crippen molar-refractivity contribution in [2.45, 2.75) is 13.5 Å². The zero-order valence-corrected chi connectivity index (χ0v) is 16.2. The summed E-state index contributed by atoms with van der Waals surface area (Å²) >= 11 is 0. The van der Waals surface area contributed by atoms with Crippen LogP contribution in [0, 0.1) is 0 Å². The van der Waals surface area contributed by atoms with Gasteiger partial charge in [-0.3, -0.25) is 9.79 Å². The molecule has 0 saturated carbocycles. The third-order valence-electron chi connectivity index (χ3n) is 3.96. The smallest absolute Gasteiger partial charge is 0.251 e. The van der Waals surface area contributed by atoms with Gasteiger partial charge in [0.05, 0.1) is 6.61 Å². The van der Waals surface area contributed by atoms with Crippen LogP contribution in [0.5, 0.6) is 5.75 Å². The zero-order chi connectivity index (χ0) is 19.5. The third kappa shape index (κ3) is 6.66. The normalized spacial score (nSPS) is 11.0. The Kier molecular flexibility index (Phi) is 8.16. The molecule has 0 aromatic heterocycles. The van der Waals surface area contributed by atoms with Crippen LogP contribution in [0.15, 0.2) is 59.6 Å². The predicted octanol–water partition coefficient (Wildman–Crippen LogP) is 2.52. The molecule has 6 heteroatoms. The molecule has 0 spiro atoms. The van der Waals surface area contributed by atoms with Crippen LogP contribution in [-0.4, -0.2) is 50.6 Å². The van der Waals surface area contributed by atoms with Crippen LogP contribution in [-0.2, 0) is 6.54 Å². The minimum atomic E-state index is -0.0740. The number of benzene rings is 2. The number of hydrogen-bond donors (Lipinski definition) is 2. The first-order valence-electron chi connectivity index (χ1n) is 9.10. The van der Waals surface area contributed by atoms with Crippen LogP contribution < -0.4 is 15.4 Å². The van der Waals surface area contributed by atoms with Gasteiger partial charge in [-0.25, -0.2) is 0 Å². The molecule has 0 aliphatic heterocycles. The Labute approximate surface area is 161 Å². The molecule has 2 rings (SSSR count). The number of nitrogens with zero attached hydrogens (tertiary/aromatic N) is 2. The van der Waals surface area contributed by atoms with Crippen molar-refractivity contribution in [2.24, 2.45) is 4.99 Å². The number of nitrogens with one attached hydrogen (secondary N) is 2. The Morgan fingerprint density at radius 3 is 2.33 bits per heavy atom. The summed E-state index contributed by atoms with van der Waals surface area (Å²) in [6.07, 6.45) is 0. The maximum Gasteiger partial charge on any atom is 0.251 e. The predicted molar refractivity (Wildman–Crippen MR) is 109 cm³/mol. The summed E-state index contributed by atoms with van der Waals surface area (Å²) in [5.74, 6) is 1.58. The Morgan fingerprint density at radius 2 is 1.70 bits per heavy atom. The van der Waals surface area contributed by atoms with E-state index in [-0.39, 0.29) is 5.91 Å². The van der Waals surface area contributed by atoms with Gasteiger partial charge >= 0.3 is 0 Å².